The van der Waals surface area contributed by atoms with Gasteiger partial charge in [-0.15, -0.1) is 0 Å². The Bertz CT molecular complexity index is 606. The van der Waals surface area contributed by atoms with Gasteiger partial charge in [0.15, 0.2) is 9.84 Å². The van der Waals surface area contributed by atoms with Crippen molar-refractivity contribution in [2.75, 3.05) is 29.5 Å². The van der Waals surface area contributed by atoms with Crippen LogP contribution in [0.15, 0.2) is 12.1 Å². The first kappa shape index (κ1) is 16.2. The van der Waals surface area contributed by atoms with Gasteiger partial charge in [-0.2, -0.15) is 0 Å². The lowest BCUT2D eigenvalue weighted by Crippen LogP contribution is -2.29. The van der Waals surface area contributed by atoms with E-state index in [4.69, 9.17) is 10.7 Å². The summed E-state index contributed by atoms with van der Waals surface area (Å²) in [5, 5.41) is 0. The van der Waals surface area contributed by atoms with Crippen molar-refractivity contribution in [1.82, 2.24) is 4.98 Å². The lowest BCUT2D eigenvalue weighted by atomic mass is 9.90. The lowest BCUT2D eigenvalue weighted by molar-refractivity contribution is 0.566. The normalized spacial score (nSPS) is 19.3. The minimum atomic E-state index is -2.91. The van der Waals surface area contributed by atoms with E-state index in [9.17, 15) is 8.42 Å². The standard InChI is InChI=1S/C15H25N3O2S/c1-15(2,3)13-9-12(11-16)10-14(17-13)18-5-4-7-21(19,20)8-6-18/h9-10H,4-8,11,16H2,1-3H3. The van der Waals surface area contributed by atoms with Crippen LogP contribution in [0.1, 0.15) is 38.4 Å². The van der Waals surface area contributed by atoms with Gasteiger partial charge in [0.1, 0.15) is 5.82 Å². The SMILES string of the molecule is CC(C)(C)c1cc(CN)cc(N2CCCS(=O)(=O)CC2)n1. The Kier molecular flexibility index (Phi) is 4.58. The van der Waals surface area contributed by atoms with Gasteiger partial charge in [-0.05, 0) is 24.1 Å². The van der Waals surface area contributed by atoms with E-state index in [0.29, 0.717) is 19.5 Å². The van der Waals surface area contributed by atoms with Crippen molar-refractivity contribution in [3.05, 3.63) is 23.4 Å². The molecule has 2 rings (SSSR count). The molecule has 0 bridgehead atoms. The van der Waals surface area contributed by atoms with Gasteiger partial charge in [0.2, 0.25) is 0 Å². The van der Waals surface area contributed by atoms with E-state index in [1.54, 1.807) is 0 Å². The Morgan fingerprint density at radius 3 is 2.57 bits per heavy atom. The summed E-state index contributed by atoms with van der Waals surface area (Å²) < 4.78 is 23.5. The van der Waals surface area contributed by atoms with Crippen LogP contribution < -0.4 is 10.6 Å². The van der Waals surface area contributed by atoms with Gasteiger partial charge in [-0.3, -0.25) is 0 Å². The molecule has 0 radical (unpaired) electrons. The number of pyridine rings is 1. The summed E-state index contributed by atoms with van der Waals surface area (Å²) >= 11 is 0. The van der Waals surface area contributed by atoms with Gasteiger partial charge in [-0.1, -0.05) is 20.8 Å². The fraction of sp³-hybridized carbons (Fsp3) is 0.667. The van der Waals surface area contributed by atoms with Crippen LogP contribution in [0.3, 0.4) is 0 Å². The predicted octanol–water partition coefficient (Wildman–Crippen LogP) is 1.46. The summed E-state index contributed by atoms with van der Waals surface area (Å²) in [5.41, 5.74) is 7.77. The minimum absolute atomic E-state index is 0.0577. The Morgan fingerprint density at radius 2 is 1.95 bits per heavy atom. The average molecular weight is 311 g/mol. The molecule has 1 aliphatic heterocycles. The highest BCUT2D eigenvalue weighted by Gasteiger charge is 2.22. The largest absolute Gasteiger partial charge is 0.356 e. The van der Waals surface area contributed by atoms with Gasteiger partial charge < -0.3 is 10.6 Å². The molecular weight excluding hydrogens is 286 g/mol. The van der Waals surface area contributed by atoms with Gasteiger partial charge in [0.05, 0.1) is 11.5 Å². The maximum atomic E-state index is 11.7. The van der Waals surface area contributed by atoms with E-state index in [0.717, 1.165) is 23.6 Å². The van der Waals surface area contributed by atoms with Crippen LogP contribution in [0.2, 0.25) is 0 Å². The Hall–Kier alpha value is -1.14. The fourth-order valence-corrected chi connectivity index (χ4v) is 3.67. The van der Waals surface area contributed by atoms with Gasteiger partial charge in [0.25, 0.3) is 0 Å². The summed E-state index contributed by atoms with van der Waals surface area (Å²) in [6, 6.07) is 4.02. The van der Waals surface area contributed by atoms with Crippen molar-refractivity contribution in [3.63, 3.8) is 0 Å². The van der Waals surface area contributed by atoms with Gasteiger partial charge in [-0.25, -0.2) is 13.4 Å². The van der Waals surface area contributed by atoms with Crippen molar-refractivity contribution in [2.24, 2.45) is 5.73 Å². The van der Waals surface area contributed by atoms with Crippen LogP contribution in [0.4, 0.5) is 5.82 Å². The van der Waals surface area contributed by atoms with Crippen molar-refractivity contribution in [1.29, 1.82) is 0 Å². The Balaban J connectivity index is 2.34. The van der Waals surface area contributed by atoms with Crippen molar-refractivity contribution < 1.29 is 8.42 Å². The highest BCUT2D eigenvalue weighted by molar-refractivity contribution is 7.91. The van der Waals surface area contributed by atoms with Crippen LogP contribution in [-0.4, -0.2) is 38.0 Å². The second-order valence-corrected chi connectivity index (χ2v) is 8.97. The molecule has 0 amide bonds. The Morgan fingerprint density at radius 1 is 1.24 bits per heavy atom. The fourth-order valence-electron chi connectivity index (χ4n) is 2.40. The molecule has 1 saturated heterocycles. The third-order valence-electron chi connectivity index (χ3n) is 3.76. The number of rotatable bonds is 2. The molecule has 1 fully saturated rings. The molecule has 1 aromatic heterocycles. The molecule has 5 nitrogen and oxygen atoms in total. The van der Waals surface area contributed by atoms with E-state index in [2.05, 4.69) is 25.7 Å². The first-order valence-corrected chi connectivity index (χ1v) is 9.20. The molecule has 0 spiro atoms. The zero-order valence-electron chi connectivity index (χ0n) is 13.1. The summed E-state index contributed by atoms with van der Waals surface area (Å²) in [7, 11) is -2.91. The minimum Gasteiger partial charge on any atom is -0.356 e. The monoisotopic (exact) mass is 311 g/mol. The van der Waals surface area contributed by atoms with E-state index >= 15 is 0 Å². The van der Waals surface area contributed by atoms with Crippen LogP contribution in [0.25, 0.3) is 0 Å². The molecule has 0 aliphatic carbocycles. The van der Waals surface area contributed by atoms with Gasteiger partial charge >= 0.3 is 0 Å². The van der Waals surface area contributed by atoms with Crippen LogP contribution in [0, 0.1) is 0 Å². The zero-order chi connectivity index (χ0) is 15.7. The summed E-state index contributed by atoms with van der Waals surface area (Å²) in [4.78, 5) is 6.81. The predicted molar refractivity (Wildman–Crippen MR) is 86.3 cm³/mol. The van der Waals surface area contributed by atoms with E-state index in [-0.39, 0.29) is 16.9 Å². The summed E-state index contributed by atoms with van der Waals surface area (Å²) in [5.74, 6) is 1.32. The van der Waals surface area contributed by atoms with Crippen molar-refractivity contribution in [3.8, 4) is 0 Å². The topological polar surface area (TPSA) is 76.3 Å². The van der Waals surface area contributed by atoms with E-state index in [1.165, 1.54) is 0 Å². The number of nitrogens with zero attached hydrogens (tertiary/aromatic N) is 2. The van der Waals surface area contributed by atoms with Crippen molar-refractivity contribution in [2.45, 2.75) is 39.2 Å². The number of hydrogen-bond donors (Lipinski definition) is 1. The van der Waals surface area contributed by atoms with Crippen LogP contribution in [-0.2, 0) is 21.8 Å². The molecule has 2 heterocycles. The second-order valence-electron chi connectivity index (χ2n) is 6.67. The molecule has 118 valence electrons. The molecule has 0 atom stereocenters. The first-order chi connectivity index (χ1) is 9.71. The highest BCUT2D eigenvalue weighted by atomic mass is 32.2. The van der Waals surface area contributed by atoms with E-state index in [1.807, 2.05) is 12.1 Å². The van der Waals surface area contributed by atoms with Crippen LogP contribution >= 0.6 is 0 Å². The highest BCUT2D eigenvalue weighted by Crippen LogP contribution is 2.25. The van der Waals surface area contributed by atoms with E-state index < -0.39 is 9.84 Å². The third-order valence-corrected chi connectivity index (χ3v) is 5.47. The third kappa shape index (κ3) is 4.17. The van der Waals surface area contributed by atoms with Crippen LogP contribution in [0.5, 0.6) is 0 Å². The molecule has 0 saturated carbocycles. The molecule has 2 N–H and O–H groups in total. The molecule has 6 heteroatoms. The smallest absolute Gasteiger partial charge is 0.152 e. The number of sulfone groups is 1. The van der Waals surface area contributed by atoms with Crippen molar-refractivity contribution >= 4 is 15.7 Å². The second kappa shape index (κ2) is 5.93. The Labute approximate surface area is 127 Å². The number of aromatic nitrogens is 1. The summed E-state index contributed by atoms with van der Waals surface area (Å²) in [6.45, 7) is 8.05. The van der Waals surface area contributed by atoms with Gasteiger partial charge in [0, 0.05) is 30.7 Å². The maximum absolute atomic E-state index is 11.7. The molecule has 1 aromatic rings. The lowest BCUT2D eigenvalue weighted by Gasteiger charge is -2.25. The number of hydrogen-bond acceptors (Lipinski definition) is 5. The molecule has 21 heavy (non-hydrogen) atoms. The quantitative estimate of drug-likeness (QED) is 0.895. The number of nitrogens with two attached hydrogens (primary N) is 1. The first-order valence-electron chi connectivity index (χ1n) is 7.38. The maximum Gasteiger partial charge on any atom is 0.152 e. The summed E-state index contributed by atoms with van der Waals surface area (Å²) in [6.07, 6.45) is 0.654. The molecular formula is C15H25N3O2S. The molecule has 0 aromatic carbocycles. The average Bonchev–Trinajstić information content (AvgIpc) is 2.58. The molecule has 1 aliphatic rings. The number of anilines is 1. The molecule has 0 unspecified atom stereocenters. The zero-order valence-corrected chi connectivity index (χ0v) is 13.9.